The van der Waals surface area contributed by atoms with E-state index in [0.29, 0.717) is 28.4 Å². The van der Waals surface area contributed by atoms with Gasteiger partial charge in [0.05, 0.1) is 11.6 Å². The number of hydrogen-bond donors (Lipinski definition) is 2. The van der Waals surface area contributed by atoms with Crippen LogP contribution in [0.2, 0.25) is 5.02 Å². The van der Waals surface area contributed by atoms with Crippen molar-refractivity contribution in [3.63, 3.8) is 0 Å². The molecule has 2 amide bonds. The molecule has 0 heterocycles. The second-order valence-corrected chi connectivity index (χ2v) is 10.2. The van der Waals surface area contributed by atoms with Gasteiger partial charge in [-0.05, 0) is 73.7 Å². The van der Waals surface area contributed by atoms with Crippen molar-refractivity contribution >= 4 is 29.1 Å². The molecule has 2 aromatic rings. The minimum absolute atomic E-state index is 0.00568. The number of anilines is 1. The first-order valence-corrected chi connectivity index (χ1v) is 13.0. The highest BCUT2D eigenvalue weighted by atomic mass is 35.5. The van der Waals surface area contributed by atoms with E-state index in [2.05, 4.69) is 5.32 Å². The molecule has 2 unspecified atom stereocenters. The van der Waals surface area contributed by atoms with Crippen molar-refractivity contribution < 1.29 is 9.59 Å². The molecular formula is C28H33ClN4O2. The average molecular weight is 493 g/mol. The van der Waals surface area contributed by atoms with Crippen LogP contribution in [0.25, 0.3) is 0 Å². The maximum absolute atomic E-state index is 13.7. The zero-order chi connectivity index (χ0) is 24.8. The van der Waals surface area contributed by atoms with Crippen molar-refractivity contribution in [3.8, 4) is 6.07 Å². The lowest BCUT2D eigenvalue weighted by Crippen LogP contribution is -2.53. The van der Waals surface area contributed by atoms with Gasteiger partial charge in [-0.1, -0.05) is 43.7 Å². The topological polar surface area (TPSA) is 99.2 Å². The Kier molecular flexibility index (Phi) is 8.43. The smallest absolute Gasteiger partial charge is 0.255 e. The molecule has 2 fully saturated rings. The molecule has 2 aromatic carbocycles. The van der Waals surface area contributed by atoms with Gasteiger partial charge >= 0.3 is 0 Å². The highest BCUT2D eigenvalue weighted by Crippen LogP contribution is 2.32. The first-order chi connectivity index (χ1) is 17.0. The lowest BCUT2D eigenvalue weighted by atomic mass is 9.85. The third-order valence-electron chi connectivity index (χ3n) is 7.34. The van der Waals surface area contributed by atoms with Gasteiger partial charge in [0.25, 0.3) is 5.91 Å². The highest BCUT2D eigenvalue weighted by molar-refractivity contribution is 6.31. The number of benzene rings is 2. The maximum atomic E-state index is 13.7. The SMILES string of the molecule is N#Cc1ccc(C(=O)Nc2ccc(Cl)c(CN(C(=O)C3CCCCC3)C3CCCCC3N)c2)cc1. The fraction of sp³-hybridized carbons (Fsp3) is 0.464. The van der Waals surface area contributed by atoms with Crippen LogP contribution in [0.4, 0.5) is 5.69 Å². The number of nitrogens with one attached hydrogen (secondary N) is 1. The van der Waals surface area contributed by atoms with Crippen molar-refractivity contribution in [1.82, 2.24) is 4.90 Å². The van der Waals surface area contributed by atoms with Crippen LogP contribution in [0, 0.1) is 17.2 Å². The van der Waals surface area contributed by atoms with Crippen molar-refractivity contribution in [1.29, 1.82) is 5.26 Å². The standard InChI is InChI=1S/C28H33ClN4O2/c29-24-15-14-23(32-27(34)20-12-10-19(17-30)11-13-20)16-22(24)18-33(26-9-5-4-8-25(26)31)28(35)21-6-2-1-3-7-21/h10-16,21,25-26H,1-9,18,31H2,(H,32,34). The first kappa shape index (κ1) is 25.2. The first-order valence-electron chi connectivity index (χ1n) is 12.6. The van der Waals surface area contributed by atoms with Crippen molar-refractivity contribution in [2.75, 3.05) is 5.32 Å². The average Bonchev–Trinajstić information content (AvgIpc) is 2.89. The molecule has 2 saturated carbocycles. The Labute approximate surface area is 212 Å². The number of carbonyl (C=O) groups excluding carboxylic acids is 2. The summed E-state index contributed by atoms with van der Waals surface area (Å²) >= 11 is 6.58. The highest BCUT2D eigenvalue weighted by Gasteiger charge is 2.35. The van der Waals surface area contributed by atoms with Gasteiger partial charge in [-0.2, -0.15) is 5.26 Å². The minimum Gasteiger partial charge on any atom is -0.334 e. The molecule has 7 heteroatoms. The molecule has 4 rings (SSSR count). The van der Waals surface area contributed by atoms with E-state index in [-0.39, 0.29) is 29.8 Å². The number of rotatable bonds is 6. The predicted octanol–water partition coefficient (Wildman–Crippen LogP) is 5.64. The van der Waals surface area contributed by atoms with E-state index in [1.807, 2.05) is 17.0 Å². The van der Waals surface area contributed by atoms with E-state index < -0.39 is 0 Å². The Morgan fingerprint density at radius 3 is 2.37 bits per heavy atom. The van der Waals surface area contributed by atoms with Crippen LogP contribution in [0.1, 0.15) is 79.3 Å². The van der Waals surface area contributed by atoms with Gasteiger partial charge in [-0.15, -0.1) is 0 Å². The fourth-order valence-electron chi connectivity index (χ4n) is 5.33. The van der Waals surface area contributed by atoms with Crippen LogP contribution in [0.3, 0.4) is 0 Å². The van der Waals surface area contributed by atoms with Crippen LogP contribution in [0.5, 0.6) is 0 Å². The Hall–Kier alpha value is -2.88. The number of amides is 2. The molecule has 2 atom stereocenters. The van der Waals surface area contributed by atoms with E-state index in [1.165, 1.54) is 6.42 Å². The summed E-state index contributed by atoms with van der Waals surface area (Å²) in [6.07, 6.45) is 9.26. The number of nitrogens with two attached hydrogens (primary N) is 1. The lowest BCUT2D eigenvalue weighted by molar-refractivity contribution is -0.141. The molecule has 0 aromatic heterocycles. The van der Waals surface area contributed by atoms with Gasteiger partial charge in [0.2, 0.25) is 5.91 Å². The van der Waals surface area contributed by atoms with E-state index in [0.717, 1.165) is 56.9 Å². The van der Waals surface area contributed by atoms with Crippen molar-refractivity contribution in [3.05, 3.63) is 64.2 Å². The third-order valence-corrected chi connectivity index (χ3v) is 7.71. The second-order valence-electron chi connectivity index (χ2n) is 9.77. The van der Waals surface area contributed by atoms with Crippen LogP contribution < -0.4 is 11.1 Å². The lowest BCUT2D eigenvalue weighted by Gasteiger charge is -2.41. The molecule has 0 aliphatic heterocycles. The monoisotopic (exact) mass is 492 g/mol. The summed E-state index contributed by atoms with van der Waals surface area (Å²) in [5, 5.41) is 12.4. The molecular weight excluding hydrogens is 460 g/mol. The van der Waals surface area contributed by atoms with Gasteiger partial charge in [0, 0.05) is 40.8 Å². The molecule has 35 heavy (non-hydrogen) atoms. The van der Waals surface area contributed by atoms with E-state index in [4.69, 9.17) is 22.6 Å². The number of hydrogen-bond acceptors (Lipinski definition) is 4. The van der Waals surface area contributed by atoms with Crippen molar-refractivity contribution in [2.24, 2.45) is 11.7 Å². The molecule has 2 aliphatic rings. The normalized spacial score (nSPS) is 20.6. The Balaban J connectivity index is 1.55. The Morgan fingerprint density at radius 1 is 1.00 bits per heavy atom. The Morgan fingerprint density at radius 2 is 1.69 bits per heavy atom. The molecule has 0 spiro atoms. The summed E-state index contributed by atoms with van der Waals surface area (Å²) in [6, 6.07) is 13.9. The van der Waals surface area contributed by atoms with Crippen LogP contribution in [-0.4, -0.2) is 28.8 Å². The van der Waals surface area contributed by atoms with E-state index in [9.17, 15) is 9.59 Å². The molecule has 0 bridgehead atoms. The molecule has 184 valence electrons. The summed E-state index contributed by atoms with van der Waals surface area (Å²) in [4.78, 5) is 28.4. The zero-order valence-electron chi connectivity index (χ0n) is 20.0. The molecule has 0 radical (unpaired) electrons. The summed E-state index contributed by atoms with van der Waals surface area (Å²) in [5.74, 6) is -0.0294. The largest absolute Gasteiger partial charge is 0.334 e. The van der Waals surface area contributed by atoms with Gasteiger partial charge in [0.15, 0.2) is 0 Å². The summed E-state index contributed by atoms with van der Waals surface area (Å²) in [6.45, 7) is 0.382. The van der Waals surface area contributed by atoms with Gasteiger partial charge in [0.1, 0.15) is 0 Å². The summed E-state index contributed by atoms with van der Waals surface area (Å²) < 4.78 is 0. The Bertz CT molecular complexity index is 1090. The second kappa shape index (κ2) is 11.7. The summed E-state index contributed by atoms with van der Waals surface area (Å²) in [5.41, 5.74) is 8.88. The van der Waals surface area contributed by atoms with Crippen LogP contribution in [0.15, 0.2) is 42.5 Å². The van der Waals surface area contributed by atoms with Crippen molar-refractivity contribution in [2.45, 2.75) is 76.4 Å². The quantitative estimate of drug-likeness (QED) is 0.544. The molecule has 3 N–H and O–H groups in total. The van der Waals surface area contributed by atoms with Crippen LogP contribution >= 0.6 is 11.6 Å². The van der Waals surface area contributed by atoms with Crippen LogP contribution in [-0.2, 0) is 11.3 Å². The van der Waals surface area contributed by atoms with E-state index >= 15 is 0 Å². The predicted molar refractivity (Wildman–Crippen MR) is 138 cm³/mol. The number of nitriles is 1. The van der Waals surface area contributed by atoms with Gasteiger partial charge in [-0.3, -0.25) is 9.59 Å². The molecule has 6 nitrogen and oxygen atoms in total. The van der Waals surface area contributed by atoms with E-state index in [1.54, 1.807) is 36.4 Å². The molecule has 2 aliphatic carbocycles. The van der Waals surface area contributed by atoms with Gasteiger partial charge < -0.3 is 16.0 Å². The maximum Gasteiger partial charge on any atom is 0.255 e. The number of halogens is 1. The zero-order valence-corrected chi connectivity index (χ0v) is 20.8. The number of nitrogens with zero attached hydrogens (tertiary/aromatic N) is 2. The molecule has 0 saturated heterocycles. The minimum atomic E-state index is -0.271. The summed E-state index contributed by atoms with van der Waals surface area (Å²) in [7, 11) is 0. The third kappa shape index (κ3) is 6.22. The fourth-order valence-corrected chi connectivity index (χ4v) is 5.50. The van der Waals surface area contributed by atoms with Gasteiger partial charge in [-0.25, -0.2) is 0 Å². The number of carbonyl (C=O) groups is 2.